The molecule has 2 heteroatoms. The molecule has 2 bridgehead atoms. The highest BCUT2D eigenvalue weighted by Gasteiger charge is 2.50. The minimum atomic E-state index is 0.450. The summed E-state index contributed by atoms with van der Waals surface area (Å²) in [6.45, 7) is 11.3. The second kappa shape index (κ2) is 4.01. The maximum atomic E-state index is 5.46. The van der Waals surface area contributed by atoms with Crippen LogP contribution < -0.4 is 0 Å². The van der Waals surface area contributed by atoms with Gasteiger partial charge < -0.3 is 9.64 Å². The Bertz CT molecular complexity index is 339. The molecule has 0 aromatic rings. The molecule has 0 spiro atoms. The Labute approximate surface area is 105 Å². The summed E-state index contributed by atoms with van der Waals surface area (Å²) in [6.07, 6.45) is 4.34. The Morgan fingerprint density at radius 1 is 1.24 bits per heavy atom. The summed E-state index contributed by atoms with van der Waals surface area (Å²) in [5, 5.41) is 0. The van der Waals surface area contributed by atoms with E-state index in [0.29, 0.717) is 5.41 Å². The van der Waals surface area contributed by atoms with Gasteiger partial charge in [-0.05, 0) is 49.0 Å². The highest BCUT2D eigenvalue weighted by molar-refractivity contribution is 5.30. The zero-order valence-corrected chi connectivity index (χ0v) is 11.5. The molecule has 96 valence electrons. The molecule has 0 radical (unpaired) electrons. The van der Waals surface area contributed by atoms with Crippen LogP contribution in [0, 0.1) is 17.3 Å². The van der Waals surface area contributed by atoms with Gasteiger partial charge in [-0.15, -0.1) is 0 Å². The molecular formula is C15H25NO. The minimum absolute atomic E-state index is 0.450. The lowest BCUT2D eigenvalue weighted by atomic mass is 9.72. The molecule has 2 atom stereocenters. The number of allylic oxidation sites excluding steroid dienone is 2. The molecule has 1 aliphatic heterocycles. The Balaban J connectivity index is 1.90. The molecule has 1 heterocycles. The molecular weight excluding hydrogens is 210 g/mol. The van der Waals surface area contributed by atoms with Crippen molar-refractivity contribution in [2.75, 3.05) is 26.3 Å². The van der Waals surface area contributed by atoms with Crippen LogP contribution in [0.1, 0.15) is 40.0 Å². The van der Waals surface area contributed by atoms with E-state index in [1.165, 1.54) is 19.3 Å². The van der Waals surface area contributed by atoms with Crippen molar-refractivity contribution in [2.24, 2.45) is 17.3 Å². The number of morpholine rings is 1. The first-order chi connectivity index (χ1) is 8.10. The first-order valence-electron chi connectivity index (χ1n) is 7.14. The Morgan fingerprint density at radius 3 is 2.53 bits per heavy atom. The van der Waals surface area contributed by atoms with Crippen molar-refractivity contribution in [3.63, 3.8) is 0 Å². The minimum Gasteiger partial charge on any atom is -0.378 e. The largest absolute Gasteiger partial charge is 0.378 e. The Kier molecular flexibility index (Phi) is 2.73. The van der Waals surface area contributed by atoms with E-state index in [0.717, 1.165) is 38.1 Å². The predicted molar refractivity (Wildman–Crippen MR) is 69.7 cm³/mol. The summed E-state index contributed by atoms with van der Waals surface area (Å²) in [5.41, 5.74) is 3.80. The van der Waals surface area contributed by atoms with E-state index in [-0.39, 0.29) is 0 Å². The van der Waals surface area contributed by atoms with Crippen LogP contribution in [0.4, 0.5) is 0 Å². The van der Waals surface area contributed by atoms with Gasteiger partial charge in [-0.2, -0.15) is 0 Å². The summed E-state index contributed by atoms with van der Waals surface area (Å²) in [4.78, 5) is 2.56. The van der Waals surface area contributed by atoms with E-state index >= 15 is 0 Å². The zero-order valence-electron chi connectivity index (χ0n) is 11.5. The molecule has 2 aliphatic carbocycles. The van der Waals surface area contributed by atoms with Crippen LogP contribution in [0.3, 0.4) is 0 Å². The number of nitrogens with zero attached hydrogens (tertiary/aromatic N) is 1. The first-order valence-corrected chi connectivity index (χ1v) is 7.14. The lowest BCUT2D eigenvalue weighted by Crippen LogP contribution is -2.37. The number of rotatable bonds is 1. The topological polar surface area (TPSA) is 12.5 Å². The summed E-state index contributed by atoms with van der Waals surface area (Å²) >= 11 is 0. The number of fused-ring (bicyclic) bond motifs is 2. The van der Waals surface area contributed by atoms with Gasteiger partial charge in [0, 0.05) is 18.8 Å². The molecule has 3 aliphatic rings. The van der Waals surface area contributed by atoms with Crippen LogP contribution in [0.25, 0.3) is 0 Å². The standard InChI is InChI=1S/C15H25NO/c1-11(16-6-8-17-9-7-16)14-12-4-5-13(10-12)15(14,2)3/h12-13H,4-10H2,1-3H3/b14-11-. The fourth-order valence-electron chi connectivity index (χ4n) is 4.48. The molecule has 17 heavy (non-hydrogen) atoms. The van der Waals surface area contributed by atoms with Gasteiger partial charge in [0.15, 0.2) is 0 Å². The van der Waals surface area contributed by atoms with Crippen LogP contribution in [0.5, 0.6) is 0 Å². The third-order valence-corrected chi connectivity index (χ3v) is 5.43. The second-order valence-corrected chi connectivity index (χ2v) is 6.53. The smallest absolute Gasteiger partial charge is 0.0642 e. The Morgan fingerprint density at radius 2 is 1.94 bits per heavy atom. The van der Waals surface area contributed by atoms with Crippen LogP contribution >= 0.6 is 0 Å². The third kappa shape index (κ3) is 1.72. The molecule has 1 saturated heterocycles. The van der Waals surface area contributed by atoms with Crippen molar-refractivity contribution >= 4 is 0 Å². The van der Waals surface area contributed by atoms with Gasteiger partial charge in [-0.1, -0.05) is 13.8 Å². The molecule has 2 saturated carbocycles. The summed E-state index contributed by atoms with van der Waals surface area (Å²) < 4.78 is 5.46. The highest BCUT2D eigenvalue weighted by atomic mass is 16.5. The molecule has 0 N–H and O–H groups in total. The van der Waals surface area contributed by atoms with Crippen LogP contribution in [-0.2, 0) is 4.74 Å². The number of ether oxygens (including phenoxy) is 1. The lowest BCUT2D eigenvalue weighted by Gasteiger charge is -2.38. The van der Waals surface area contributed by atoms with Crippen LogP contribution in [0.2, 0.25) is 0 Å². The van der Waals surface area contributed by atoms with Crippen LogP contribution in [-0.4, -0.2) is 31.2 Å². The predicted octanol–water partition coefficient (Wildman–Crippen LogP) is 3.05. The van der Waals surface area contributed by atoms with Crippen molar-refractivity contribution in [1.29, 1.82) is 0 Å². The second-order valence-electron chi connectivity index (χ2n) is 6.53. The molecule has 2 nitrogen and oxygen atoms in total. The zero-order chi connectivity index (χ0) is 12.0. The fourth-order valence-corrected chi connectivity index (χ4v) is 4.48. The van der Waals surface area contributed by atoms with E-state index in [4.69, 9.17) is 4.74 Å². The Hall–Kier alpha value is -0.500. The molecule has 2 unspecified atom stereocenters. The van der Waals surface area contributed by atoms with Crippen molar-refractivity contribution in [2.45, 2.75) is 40.0 Å². The normalized spacial score (nSPS) is 38.6. The molecule has 0 aromatic carbocycles. The van der Waals surface area contributed by atoms with Crippen molar-refractivity contribution in [1.82, 2.24) is 4.90 Å². The van der Waals surface area contributed by atoms with Gasteiger partial charge in [-0.25, -0.2) is 0 Å². The van der Waals surface area contributed by atoms with E-state index in [9.17, 15) is 0 Å². The van der Waals surface area contributed by atoms with Gasteiger partial charge in [-0.3, -0.25) is 0 Å². The van der Waals surface area contributed by atoms with Crippen molar-refractivity contribution < 1.29 is 4.74 Å². The first kappa shape index (κ1) is 11.6. The molecule has 0 aromatic heterocycles. The SMILES string of the molecule is C/C(=C1\C2CCC(C2)C1(C)C)N1CCOCC1. The van der Waals surface area contributed by atoms with Gasteiger partial charge in [0.25, 0.3) is 0 Å². The number of hydrogen-bond donors (Lipinski definition) is 0. The summed E-state index contributed by atoms with van der Waals surface area (Å²) in [5.74, 6) is 1.83. The summed E-state index contributed by atoms with van der Waals surface area (Å²) in [6, 6.07) is 0. The van der Waals surface area contributed by atoms with Gasteiger partial charge in [0.05, 0.1) is 13.2 Å². The maximum Gasteiger partial charge on any atom is 0.0642 e. The third-order valence-electron chi connectivity index (χ3n) is 5.43. The van der Waals surface area contributed by atoms with E-state index in [1.807, 2.05) is 0 Å². The maximum absolute atomic E-state index is 5.46. The van der Waals surface area contributed by atoms with Gasteiger partial charge >= 0.3 is 0 Å². The quantitative estimate of drug-likeness (QED) is 0.692. The van der Waals surface area contributed by atoms with Gasteiger partial charge in [0.1, 0.15) is 0 Å². The lowest BCUT2D eigenvalue weighted by molar-refractivity contribution is 0.0518. The van der Waals surface area contributed by atoms with Crippen molar-refractivity contribution in [3.05, 3.63) is 11.3 Å². The highest BCUT2D eigenvalue weighted by Crippen LogP contribution is 2.60. The average Bonchev–Trinajstić information content (AvgIpc) is 2.87. The molecule has 3 fully saturated rings. The summed E-state index contributed by atoms with van der Waals surface area (Å²) in [7, 11) is 0. The molecule has 0 amide bonds. The van der Waals surface area contributed by atoms with Crippen molar-refractivity contribution in [3.8, 4) is 0 Å². The number of hydrogen-bond acceptors (Lipinski definition) is 2. The van der Waals surface area contributed by atoms with E-state index < -0.39 is 0 Å². The molecule has 3 rings (SSSR count). The van der Waals surface area contributed by atoms with Crippen LogP contribution in [0.15, 0.2) is 11.3 Å². The van der Waals surface area contributed by atoms with Gasteiger partial charge in [0.2, 0.25) is 0 Å². The van der Waals surface area contributed by atoms with E-state index in [2.05, 4.69) is 25.7 Å². The fraction of sp³-hybridized carbons (Fsp3) is 0.867. The monoisotopic (exact) mass is 235 g/mol. The average molecular weight is 235 g/mol. The van der Waals surface area contributed by atoms with E-state index in [1.54, 1.807) is 11.3 Å².